The van der Waals surface area contributed by atoms with Crippen LogP contribution in [0.25, 0.3) is 0 Å². The van der Waals surface area contributed by atoms with E-state index < -0.39 is 0 Å². The van der Waals surface area contributed by atoms with Gasteiger partial charge in [0.25, 0.3) is 0 Å². The van der Waals surface area contributed by atoms with Crippen LogP contribution in [-0.4, -0.2) is 74.2 Å². The van der Waals surface area contributed by atoms with E-state index >= 15 is 0 Å². The lowest BCUT2D eigenvalue weighted by Gasteiger charge is -2.28. The quantitative estimate of drug-likeness (QED) is 0.553. The van der Waals surface area contributed by atoms with Gasteiger partial charge in [-0.05, 0) is 50.9 Å². The molecule has 4 rings (SSSR count). The molecule has 2 saturated heterocycles. The molecule has 0 amide bonds. The topological polar surface area (TPSA) is 59.1 Å². The number of hydrogen-bond donors (Lipinski definition) is 0. The molecule has 0 unspecified atom stereocenters. The van der Waals surface area contributed by atoms with Crippen LogP contribution in [0.2, 0.25) is 0 Å². The molecule has 0 N–H and O–H groups in total. The number of likely N-dealkylation sites (tertiary alicyclic amines) is 2. The smallest absolute Gasteiger partial charge is 0.310 e. The van der Waals surface area contributed by atoms with Gasteiger partial charge in [-0.1, -0.05) is 60.7 Å². The van der Waals surface area contributed by atoms with Gasteiger partial charge in [-0.25, -0.2) is 0 Å². The highest BCUT2D eigenvalue weighted by Gasteiger charge is 2.21. The normalized spacial score (nSPS) is 17.4. The fraction of sp³-hybridized carbons (Fsp3) is 0.500. The van der Waals surface area contributed by atoms with Crippen LogP contribution >= 0.6 is 12.4 Å². The minimum absolute atomic E-state index is 0. The van der Waals surface area contributed by atoms with Gasteiger partial charge in [0, 0.05) is 26.2 Å². The van der Waals surface area contributed by atoms with Crippen molar-refractivity contribution in [3.8, 4) is 0 Å². The van der Waals surface area contributed by atoms with Gasteiger partial charge in [0.2, 0.25) is 0 Å². The van der Waals surface area contributed by atoms with E-state index in [9.17, 15) is 9.59 Å². The molecule has 2 aliphatic heterocycles. The number of benzene rings is 2. The van der Waals surface area contributed by atoms with Crippen LogP contribution in [0.5, 0.6) is 0 Å². The van der Waals surface area contributed by atoms with Gasteiger partial charge in [-0.3, -0.25) is 9.59 Å². The third kappa shape index (κ3) is 11.2. The van der Waals surface area contributed by atoms with Crippen LogP contribution in [0.4, 0.5) is 0 Å². The van der Waals surface area contributed by atoms with Crippen molar-refractivity contribution in [1.29, 1.82) is 0 Å². The molecule has 2 aromatic rings. The summed E-state index contributed by atoms with van der Waals surface area (Å²) in [7, 11) is 4.20. The highest BCUT2D eigenvalue weighted by atomic mass is 35.5. The SMILES string of the molecule is CN1CCC(OC(=O)Cc2ccccc2)CC1.CN1CCC(OC(=O)Cc2ccccc2)CC1.Cl. The van der Waals surface area contributed by atoms with Crippen molar-refractivity contribution in [3.63, 3.8) is 0 Å². The molecule has 0 aromatic heterocycles. The van der Waals surface area contributed by atoms with Gasteiger partial charge in [-0.2, -0.15) is 0 Å². The van der Waals surface area contributed by atoms with Crippen molar-refractivity contribution in [1.82, 2.24) is 9.80 Å². The Labute approximate surface area is 216 Å². The predicted octanol–water partition coefficient (Wildman–Crippen LogP) is 4.15. The molecule has 192 valence electrons. The molecule has 0 radical (unpaired) electrons. The Morgan fingerprint density at radius 3 is 1.29 bits per heavy atom. The number of carbonyl (C=O) groups is 2. The highest BCUT2D eigenvalue weighted by molar-refractivity contribution is 5.85. The van der Waals surface area contributed by atoms with Crippen LogP contribution in [0.15, 0.2) is 60.7 Å². The van der Waals surface area contributed by atoms with Crippen molar-refractivity contribution < 1.29 is 19.1 Å². The molecule has 0 atom stereocenters. The van der Waals surface area contributed by atoms with Crippen LogP contribution in [0.3, 0.4) is 0 Å². The van der Waals surface area contributed by atoms with E-state index in [0.717, 1.165) is 63.0 Å². The van der Waals surface area contributed by atoms with Crippen molar-refractivity contribution >= 4 is 24.3 Å². The summed E-state index contributed by atoms with van der Waals surface area (Å²) < 4.78 is 11.0. The van der Waals surface area contributed by atoms with Crippen molar-refractivity contribution in [3.05, 3.63) is 71.8 Å². The van der Waals surface area contributed by atoms with Crippen molar-refractivity contribution in [2.75, 3.05) is 40.3 Å². The number of piperidine rings is 2. The number of rotatable bonds is 6. The van der Waals surface area contributed by atoms with Crippen LogP contribution in [0.1, 0.15) is 36.8 Å². The first-order valence-electron chi connectivity index (χ1n) is 12.3. The number of carbonyl (C=O) groups excluding carboxylic acids is 2. The molecule has 35 heavy (non-hydrogen) atoms. The lowest BCUT2D eigenvalue weighted by molar-refractivity contribution is -0.151. The second-order valence-corrected chi connectivity index (χ2v) is 9.31. The first-order valence-corrected chi connectivity index (χ1v) is 12.3. The number of halogens is 1. The molecule has 2 aliphatic rings. The van der Waals surface area contributed by atoms with Gasteiger partial charge >= 0.3 is 11.9 Å². The van der Waals surface area contributed by atoms with E-state index in [1.807, 2.05) is 60.7 Å². The standard InChI is InChI=1S/2C14H19NO2.ClH/c2*1-15-9-7-13(8-10-15)17-14(16)11-12-5-3-2-4-6-12;/h2*2-6,13H,7-11H2,1H3;1H. The number of ether oxygens (including phenoxy) is 2. The molecule has 2 aromatic carbocycles. The summed E-state index contributed by atoms with van der Waals surface area (Å²) >= 11 is 0. The first-order chi connectivity index (χ1) is 16.5. The zero-order valence-electron chi connectivity index (χ0n) is 20.9. The Hall–Kier alpha value is -2.41. The Morgan fingerprint density at radius 1 is 0.657 bits per heavy atom. The molecule has 6 nitrogen and oxygen atoms in total. The number of nitrogens with zero attached hydrogens (tertiary/aromatic N) is 2. The van der Waals surface area contributed by atoms with E-state index in [0.29, 0.717) is 12.8 Å². The molecule has 0 bridgehead atoms. The van der Waals surface area contributed by atoms with E-state index in [2.05, 4.69) is 23.9 Å². The average molecular weight is 503 g/mol. The summed E-state index contributed by atoms with van der Waals surface area (Å²) in [4.78, 5) is 28.0. The summed E-state index contributed by atoms with van der Waals surface area (Å²) in [6.45, 7) is 4.07. The molecule has 0 spiro atoms. The largest absolute Gasteiger partial charge is 0.462 e. The average Bonchev–Trinajstić information content (AvgIpc) is 2.84. The lowest BCUT2D eigenvalue weighted by atomic mass is 10.1. The fourth-order valence-electron chi connectivity index (χ4n) is 4.19. The number of hydrogen-bond acceptors (Lipinski definition) is 6. The Kier molecular flexibility index (Phi) is 12.8. The van der Waals surface area contributed by atoms with Gasteiger partial charge in [0.05, 0.1) is 12.8 Å². The Balaban J connectivity index is 0.000000240. The molecular formula is C28H39ClN2O4. The van der Waals surface area contributed by atoms with Crippen LogP contribution in [0, 0.1) is 0 Å². The minimum atomic E-state index is -0.106. The van der Waals surface area contributed by atoms with Crippen LogP contribution < -0.4 is 0 Å². The molecule has 7 heteroatoms. The monoisotopic (exact) mass is 502 g/mol. The molecular weight excluding hydrogens is 464 g/mol. The maximum absolute atomic E-state index is 11.7. The molecule has 0 saturated carbocycles. The Bertz CT molecular complexity index is 792. The minimum Gasteiger partial charge on any atom is -0.462 e. The second-order valence-electron chi connectivity index (χ2n) is 9.31. The van der Waals surface area contributed by atoms with E-state index in [-0.39, 0.29) is 36.6 Å². The van der Waals surface area contributed by atoms with E-state index in [1.54, 1.807) is 0 Å². The highest BCUT2D eigenvalue weighted by Crippen LogP contribution is 2.14. The molecule has 0 aliphatic carbocycles. The van der Waals surface area contributed by atoms with Gasteiger partial charge in [-0.15, -0.1) is 12.4 Å². The predicted molar refractivity (Wildman–Crippen MR) is 141 cm³/mol. The van der Waals surface area contributed by atoms with E-state index in [1.165, 1.54) is 0 Å². The summed E-state index contributed by atoms with van der Waals surface area (Å²) in [5.74, 6) is -0.212. The maximum Gasteiger partial charge on any atom is 0.310 e. The summed E-state index contributed by atoms with van der Waals surface area (Å²) in [5.41, 5.74) is 2.04. The Morgan fingerprint density at radius 2 is 0.971 bits per heavy atom. The zero-order valence-corrected chi connectivity index (χ0v) is 21.8. The summed E-state index contributed by atoms with van der Waals surface area (Å²) in [6, 6.07) is 19.5. The first kappa shape index (κ1) is 28.8. The lowest BCUT2D eigenvalue weighted by Crippen LogP contribution is -2.35. The van der Waals surface area contributed by atoms with Gasteiger partial charge < -0.3 is 19.3 Å². The summed E-state index contributed by atoms with van der Waals surface area (Å²) in [5, 5.41) is 0. The van der Waals surface area contributed by atoms with Gasteiger partial charge in [0.15, 0.2) is 0 Å². The van der Waals surface area contributed by atoms with Crippen LogP contribution in [-0.2, 0) is 31.9 Å². The number of esters is 2. The summed E-state index contributed by atoms with van der Waals surface area (Å²) in [6.07, 6.45) is 4.81. The third-order valence-corrected chi connectivity index (χ3v) is 6.31. The van der Waals surface area contributed by atoms with Crippen molar-refractivity contribution in [2.24, 2.45) is 0 Å². The van der Waals surface area contributed by atoms with Crippen molar-refractivity contribution in [2.45, 2.75) is 50.7 Å². The molecule has 2 heterocycles. The third-order valence-electron chi connectivity index (χ3n) is 6.31. The maximum atomic E-state index is 11.7. The fourth-order valence-corrected chi connectivity index (χ4v) is 4.19. The molecule has 2 fully saturated rings. The zero-order chi connectivity index (χ0) is 24.2. The van der Waals surface area contributed by atoms with E-state index in [4.69, 9.17) is 9.47 Å². The van der Waals surface area contributed by atoms with Gasteiger partial charge in [0.1, 0.15) is 12.2 Å². The second kappa shape index (κ2) is 15.6.